The summed E-state index contributed by atoms with van der Waals surface area (Å²) in [5, 5.41) is 2.03. The predicted octanol–water partition coefficient (Wildman–Crippen LogP) is 2.94. The number of alkyl halides is 1. The van der Waals surface area contributed by atoms with Gasteiger partial charge in [0.2, 0.25) is 0 Å². The normalized spacial score (nSPS) is 10.2. The number of nitrogens with zero attached hydrogens (tertiary/aromatic N) is 2. The summed E-state index contributed by atoms with van der Waals surface area (Å²) in [4.78, 5) is 9.48. The molecule has 2 nitrogen and oxygen atoms in total. The van der Waals surface area contributed by atoms with Crippen LogP contribution in [0.15, 0.2) is 29.8 Å². The Morgan fingerprint density at radius 2 is 2.31 bits per heavy atom. The summed E-state index contributed by atoms with van der Waals surface area (Å²) in [6.07, 6.45) is 1.74. The fourth-order valence-electron chi connectivity index (χ4n) is 1.03. The van der Waals surface area contributed by atoms with Crippen molar-refractivity contribution in [3.05, 3.63) is 35.6 Å². The number of aromatic nitrogens is 2. The molecular formula is C9H7ClN2S. The largest absolute Gasteiger partial charge is 0.240 e. The van der Waals surface area contributed by atoms with E-state index in [1.54, 1.807) is 17.5 Å². The monoisotopic (exact) mass is 210 g/mol. The summed E-state index contributed by atoms with van der Waals surface area (Å²) >= 11 is 7.30. The molecule has 0 aliphatic rings. The molecule has 0 atom stereocenters. The SMILES string of the molecule is ClCc1nccc(-c2cccs2)n1. The Balaban J connectivity index is 2.41. The molecule has 2 rings (SSSR count). The van der Waals surface area contributed by atoms with Crippen LogP contribution >= 0.6 is 22.9 Å². The molecule has 66 valence electrons. The van der Waals surface area contributed by atoms with Crippen LogP contribution in [0.4, 0.5) is 0 Å². The van der Waals surface area contributed by atoms with Gasteiger partial charge in [0.05, 0.1) is 16.5 Å². The zero-order valence-electron chi connectivity index (χ0n) is 6.77. The van der Waals surface area contributed by atoms with Crippen molar-refractivity contribution < 1.29 is 0 Å². The highest BCUT2D eigenvalue weighted by Crippen LogP contribution is 2.21. The van der Waals surface area contributed by atoms with Crippen molar-refractivity contribution in [1.29, 1.82) is 0 Å². The second-order valence-corrected chi connectivity index (χ2v) is 3.68. The van der Waals surface area contributed by atoms with E-state index < -0.39 is 0 Å². The van der Waals surface area contributed by atoms with Crippen molar-refractivity contribution >= 4 is 22.9 Å². The Hall–Kier alpha value is -0.930. The molecule has 0 saturated carbocycles. The van der Waals surface area contributed by atoms with Crippen LogP contribution in [-0.2, 0) is 5.88 Å². The van der Waals surface area contributed by atoms with Gasteiger partial charge in [-0.25, -0.2) is 9.97 Å². The van der Waals surface area contributed by atoms with Gasteiger partial charge < -0.3 is 0 Å². The van der Waals surface area contributed by atoms with E-state index in [1.807, 2.05) is 23.6 Å². The number of halogens is 1. The van der Waals surface area contributed by atoms with Gasteiger partial charge in [0, 0.05) is 6.20 Å². The first-order valence-corrected chi connectivity index (χ1v) is 5.23. The Labute approximate surface area is 85.2 Å². The third-order valence-corrected chi connectivity index (χ3v) is 2.73. The van der Waals surface area contributed by atoms with Gasteiger partial charge in [-0.05, 0) is 17.5 Å². The first-order chi connectivity index (χ1) is 6.40. The van der Waals surface area contributed by atoms with Crippen LogP contribution < -0.4 is 0 Å². The highest BCUT2D eigenvalue weighted by molar-refractivity contribution is 7.13. The molecule has 4 heteroatoms. The molecule has 0 bridgehead atoms. The number of thiophene rings is 1. The molecule has 0 amide bonds. The Bertz CT molecular complexity index is 386. The van der Waals surface area contributed by atoms with Gasteiger partial charge in [0.15, 0.2) is 0 Å². The molecule has 0 saturated heterocycles. The van der Waals surface area contributed by atoms with Gasteiger partial charge in [-0.15, -0.1) is 22.9 Å². The molecule has 2 heterocycles. The first-order valence-electron chi connectivity index (χ1n) is 3.82. The van der Waals surface area contributed by atoms with E-state index in [9.17, 15) is 0 Å². The highest BCUT2D eigenvalue weighted by Gasteiger charge is 2.01. The maximum Gasteiger partial charge on any atom is 0.143 e. The zero-order chi connectivity index (χ0) is 9.10. The van der Waals surface area contributed by atoms with E-state index in [2.05, 4.69) is 9.97 Å². The van der Waals surface area contributed by atoms with Crippen LogP contribution in [0.3, 0.4) is 0 Å². The molecule has 0 aliphatic heterocycles. The molecule has 0 N–H and O–H groups in total. The lowest BCUT2D eigenvalue weighted by Crippen LogP contribution is -1.91. The summed E-state index contributed by atoms with van der Waals surface area (Å²) in [6, 6.07) is 5.93. The van der Waals surface area contributed by atoms with Crippen LogP contribution in [0.5, 0.6) is 0 Å². The second kappa shape index (κ2) is 3.85. The molecule has 0 aliphatic carbocycles. The molecule has 0 unspecified atom stereocenters. The van der Waals surface area contributed by atoms with Crippen molar-refractivity contribution in [3.8, 4) is 10.6 Å². The van der Waals surface area contributed by atoms with E-state index in [1.165, 1.54) is 0 Å². The molecular weight excluding hydrogens is 204 g/mol. The highest BCUT2D eigenvalue weighted by atomic mass is 35.5. The molecule has 0 aromatic carbocycles. The van der Waals surface area contributed by atoms with Crippen molar-refractivity contribution in [1.82, 2.24) is 9.97 Å². The summed E-state index contributed by atoms with van der Waals surface area (Å²) in [5.41, 5.74) is 0.945. The summed E-state index contributed by atoms with van der Waals surface area (Å²) in [7, 11) is 0. The molecule has 13 heavy (non-hydrogen) atoms. The fourth-order valence-corrected chi connectivity index (χ4v) is 1.85. The van der Waals surface area contributed by atoms with E-state index >= 15 is 0 Å². The third kappa shape index (κ3) is 1.87. The van der Waals surface area contributed by atoms with Crippen LogP contribution in [0.1, 0.15) is 5.82 Å². The summed E-state index contributed by atoms with van der Waals surface area (Å²) < 4.78 is 0. The third-order valence-electron chi connectivity index (χ3n) is 1.60. The Morgan fingerprint density at radius 1 is 1.38 bits per heavy atom. The minimum Gasteiger partial charge on any atom is -0.240 e. The Morgan fingerprint density at radius 3 is 3.00 bits per heavy atom. The summed E-state index contributed by atoms with van der Waals surface area (Å²) in [6.45, 7) is 0. The van der Waals surface area contributed by atoms with Crippen molar-refractivity contribution in [2.75, 3.05) is 0 Å². The second-order valence-electron chi connectivity index (χ2n) is 2.47. The maximum atomic E-state index is 5.64. The molecule has 2 aromatic rings. The molecule has 0 radical (unpaired) electrons. The molecule has 0 fully saturated rings. The Kier molecular flexibility index (Phi) is 2.57. The standard InChI is InChI=1S/C9H7ClN2S/c10-6-9-11-4-3-7(12-9)8-2-1-5-13-8/h1-5H,6H2. The van der Waals surface area contributed by atoms with Gasteiger partial charge in [-0.1, -0.05) is 6.07 Å². The predicted molar refractivity (Wildman–Crippen MR) is 54.9 cm³/mol. The average molecular weight is 211 g/mol. The van der Waals surface area contributed by atoms with Crippen LogP contribution in [-0.4, -0.2) is 9.97 Å². The number of rotatable bonds is 2. The van der Waals surface area contributed by atoms with Gasteiger partial charge >= 0.3 is 0 Å². The minimum atomic E-state index is 0.360. The minimum absolute atomic E-state index is 0.360. The topological polar surface area (TPSA) is 25.8 Å². The first kappa shape index (κ1) is 8.66. The maximum absolute atomic E-state index is 5.64. The lowest BCUT2D eigenvalue weighted by Gasteiger charge is -1.97. The van der Waals surface area contributed by atoms with Crippen molar-refractivity contribution in [2.24, 2.45) is 0 Å². The van der Waals surface area contributed by atoms with Crippen LogP contribution in [0.25, 0.3) is 10.6 Å². The molecule has 0 spiro atoms. The van der Waals surface area contributed by atoms with Crippen molar-refractivity contribution in [3.63, 3.8) is 0 Å². The van der Waals surface area contributed by atoms with Gasteiger partial charge in [-0.3, -0.25) is 0 Å². The number of hydrogen-bond donors (Lipinski definition) is 0. The zero-order valence-corrected chi connectivity index (χ0v) is 8.35. The quantitative estimate of drug-likeness (QED) is 0.713. The number of hydrogen-bond acceptors (Lipinski definition) is 3. The average Bonchev–Trinajstić information content (AvgIpc) is 2.71. The van der Waals surface area contributed by atoms with Gasteiger partial charge in [0.25, 0.3) is 0 Å². The lowest BCUT2D eigenvalue weighted by atomic mass is 10.3. The van der Waals surface area contributed by atoms with Gasteiger partial charge in [-0.2, -0.15) is 0 Å². The fraction of sp³-hybridized carbons (Fsp3) is 0.111. The smallest absolute Gasteiger partial charge is 0.143 e. The van der Waals surface area contributed by atoms with E-state index in [0.717, 1.165) is 10.6 Å². The molecule has 2 aromatic heterocycles. The lowest BCUT2D eigenvalue weighted by molar-refractivity contribution is 1.04. The van der Waals surface area contributed by atoms with Crippen LogP contribution in [0, 0.1) is 0 Å². The summed E-state index contributed by atoms with van der Waals surface area (Å²) in [5.74, 6) is 1.03. The van der Waals surface area contributed by atoms with Crippen molar-refractivity contribution in [2.45, 2.75) is 5.88 Å². The van der Waals surface area contributed by atoms with E-state index in [4.69, 9.17) is 11.6 Å². The van der Waals surface area contributed by atoms with E-state index in [-0.39, 0.29) is 0 Å². The van der Waals surface area contributed by atoms with Crippen LogP contribution in [0.2, 0.25) is 0 Å². The van der Waals surface area contributed by atoms with E-state index in [0.29, 0.717) is 11.7 Å². The van der Waals surface area contributed by atoms with Gasteiger partial charge in [0.1, 0.15) is 5.82 Å².